The van der Waals surface area contributed by atoms with Gasteiger partial charge in [-0.15, -0.1) is 11.3 Å². The maximum Gasteiger partial charge on any atom is 0.0708 e. The minimum Gasteiger partial charge on any atom is -0.256 e. The van der Waals surface area contributed by atoms with Crippen LogP contribution in [0.1, 0.15) is 0 Å². The minimum atomic E-state index is 1.02. The first-order chi connectivity index (χ1) is 14.4. The van der Waals surface area contributed by atoms with E-state index in [2.05, 4.69) is 97.1 Å². The molecule has 0 aliphatic heterocycles. The van der Waals surface area contributed by atoms with Crippen LogP contribution in [0.2, 0.25) is 0 Å². The van der Waals surface area contributed by atoms with Crippen LogP contribution in [-0.4, -0.2) is 4.98 Å². The summed E-state index contributed by atoms with van der Waals surface area (Å²) in [6.45, 7) is 0. The molecule has 0 spiro atoms. The number of thiophene rings is 1. The normalized spacial score (nSPS) is 11.4. The van der Waals surface area contributed by atoms with Crippen molar-refractivity contribution in [2.24, 2.45) is 0 Å². The first-order valence-corrected chi connectivity index (χ1v) is 10.5. The summed E-state index contributed by atoms with van der Waals surface area (Å²) in [4.78, 5) is 4.71. The molecule has 0 atom stereocenters. The van der Waals surface area contributed by atoms with Gasteiger partial charge in [0, 0.05) is 37.3 Å². The molecule has 1 nitrogen and oxygen atoms in total. The van der Waals surface area contributed by atoms with Gasteiger partial charge in [-0.05, 0) is 34.7 Å². The second-order valence-corrected chi connectivity index (χ2v) is 8.36. The van der Waals surface area contributed by atoms with Gasteiger partial charge >= 0.3 is 0 Å². The summed E-state index contributed by atoms with van der Waals surface area (Å²) in [5, 5.41) is 5.05. The van der Waals surface area contributed by atoms with Crippen LogP contribution in [0, 0.1) is 0 Å². The van der Waals surface area contributed by atoms with Crippen LogP contribution in [0.25, 0.3) is 53.3 Å². The Hall–Kier alpha value is -3.49. The van der Waals surface area contributed by atoms with Crippen molar-refractivity contribution >= 4 is 42.3 Å². The number of hydrogen-bond donors (Lipinski definition) is 0. The Morgan fingerprint density at radius 1 is 0.586 bits per heavy atom. The molecule has 0 radical (unpaired) electrons. The van der Waals surface area contributed by atoms with Gasteiger partial charge in [0.05, 0.1) is 5.69 Å². The number of nitrogens with zero attached hydrogens (tertiary/aromatic N) is 1. The lowest BCUT2D eigenvalue weighted by molar-refractivity contribution is 1.36. The van der Waals surface area contributed by atoms with Gasteiger partial charge in [-0.3, -0.25) is 4.98 Å². The lowest BCUT2D eigenvalue weighted by Gasteiger charge is -2.06. The Bertz CT molecular complexity index is 1500. The van der Waals surface area contributed by atoms with Crippen molar-refractivity contribution in [3.05, 3.63) is 103 Å². The number of benzene rings is 4. The molecule has 6 rings (SSSR count). The van der Waals surface area contributed by atoms with Crippen LogP contribution in [0.15, 0.2) is 103 Å². The Labute approximate surface area is 172 Å². The molecular weight excluding hydrogens is 370 g/mol. The number of aromatic nitrogens is 1. The molecule has 2 heterocycles. The SMILES string of the molecule is c1ccc(-c2cccc3sc4cc(-c5cc6ccccc6cn5)ccc4c23)cc1. The summed E-state index contributed by atoms with van der Waals surface area (Å²) >= 11 is 1.86. The molecule has 0 unspecified atom stereocenters. The molecule has 0 aliphatic carbocycles. The maximum absolute atomic E-state index is 4.71. The molecule has 29 heavy (non-hydrogen) atoms. The lowest BCUT2D eigenvalue weighted by Crippen LogP contribution is -1.84. The van der Waals surface area contributed by atoms with E-state index in [9.17, 15) is 0 Å². The summed E-state index contributed by atoms with van der Waals surface area (Å²) in [5.74, 6) is 0. The van der Waals surface area contributed by atoms with Crippen molar-refractivity contribution in [1.82, 2.24) is 4.98 Å². The van der Waals surface area contributed by atoms with Crippen LogP contribution in [0.3, 0.4) is 0 Å². The van der Waals surface area contributed by atoms with E-state index in [1.165, 1.54) is 42.1 Å². The molecular formula is C27H17NS. The molecule has 4 aromatic carbocycles. The minimum absolute atomic E-state index is 1.02. The van der Waals surface area contributed by atoms with E-state index >= 15 is 0 Å². The summed E-state index contributed by atoms with van der Waals surface area (Å²) < 4.78 is 2.63. The van der Waals surface area contributed by atoms with Crippen molar-refractivity contribution in [3.63, 3.8) is 0 Å². The fraction of sp³-hybridized carbons (Fsp3) is 0. The van der Waals surface area contributed by atoms with Gasteiger partial charge in [0.2, 0.25) is 0 Å². The third-order valence-electron chi connectivity index (χ3n) is 5.51. The quantitative estimate of drug-likeness (QED) is 0.294. The Kier molecular flexibility index (Phi) is 3.71. The van der Waals surface area contributed by atoms with Crippen LogP contribution < -0.4 is 0 Å². The Balaban J connectivity index is 1.56. The molecule has 2 heteroatoms. The second-order valence-electron chi connectivity index (χ2n) is 7.27. The molecule has 0 amide bonds. The summed E-state index contributed by atoms with van der Waals surface area (Å²) in [5.41, 5.74) is 4.74. The van der Waals surface area contributed by atoms with Crippen LogP contribution >= 0.6 is 11.3 Å². The van der Waals surface area contributed by atoms with E-state index in [1.54, 1.807) is 0 Å². The molecule has 0 N–H and O–H groups in total. The topological polar surface area (TPSA) is 12.9 Å². The fourth-order valence-electron chi connectivity index (χ4n) is 4.08. The largest absolute Gasteiger partial charge is 0.256 e. The van der Waals surface area contributed by atoms with Crippen LogP contribution in [0.4, 0.5) is 0 Å². The number of pyridine rings is 1. The van der Waals surface area contributed by atoms with Gasteiger partial charge in [0.25, 0.3) is 0 Å². The van der Waals surface area contributed by atoms with Crippen molar-refractivity contribution in [1.29, 1.82) is 0 Å². The predicted molar refractivity (Wildman–Crippen MR) is 126 cm³/mol. The van der Waals surface area contributed by atoms with E-state index in [-0.39, 0.29) is 0 Å². The van der Waals surface area contributed by atoms with E-state index in [0.29, 0.717) is 0 Å². The average Bonchev–Trinajstić information content (AvgIpc) is 3.17. The average molecular weight is 388 g/mol. The molecule has 6 aromatic rings. The van der Waals surface area contributed by atoms with Crippen LogP contribution in [-0.2, 0) is 0 Å². The third-order valence-corrected chi connectivity index (χ3v) is 6.63. The zero-order valence-corrected chi connectivity index (χ0v) is 16.5. The highest BCUT2D eigenvalue weighted by Crippen LogP contribution is 2.41. The second kappa shape index (κ2) is 6.54. The van der Waals surface area contributed by atoms with E-state index in [0.717, 1.165) is 11.3 Å². The number of rotatable bonds is 2. The van der Waals surface area contributed by atoms with Crippen molar-refractivity contribution in [2.45, 2.75) is 0 Å². The predicted octanol–water partition coefficient (Wildman–Crippen LogP) is 7.94. The lowest BCUT2D eigenvalue weighted by atomic mass is 9.98. The first kappa shape index (κ1) is 16.5. The fourth-order valence-corrected chi connectivity index (χ4v) is 5.26. The summed E-state index contributed by atoms with van der Waals surface area (Å²) in [7, 11) is 0. The monoisotopic (exact) mass is 387 g/mol. The molecule has 0 bridgehead atoms. The molecule has 2 aromatic heterocycles. The van der Waals surface area contributed by atoms with E-state index < -0.39 is 0 Å². The van der Waals surface area contributed by atoms with Gasteiger partial charge < -0.3 is 0 Å². The molecule has 0 fully saturated rings. The third kappa shape index (κ3) is 2.72. The van der Waals surface area contributed by atoms with Crippen molar-refractivity contribution in [3.8, 4) is 22.4 Å². The van der Waals surface area contributed by atoms with Gasteiger partial charge in [0.15, 0.2) is 0 Å². The van der Waals surface area contributed by atoms with Crippen molar-refractivity contribution in [2.75, 3.05) is 0 Å². The highest BCUT2D eigenvalue weighted by atomic mass is 32.1. The zero-order chi connectivity index (χ0) is 19.2. The van der Waals surface area contributed by atoms with E-state index in [1.807, 2.05) is 17.5 Å². The number of hydrogen-bond acceptors (Lipinski definition) is 2. The van der Waals surface area contributed by atoms with E-state index in [4.69, 9.17) is 4.98 Å². The summed E-state index contributed by atoms with van der Waals surface area (Å²) in [6, 6.07) is 34.6. The van der Waals surface area contributed by atoms with Gasteiger partial charge in [-0.2, -0.15) is 0 Å². The first-order valence-electron chi connectivity index (χ1n) is 9.73. The highest BCUT2D eigenvalue weighted by Gasteiger charge is 2.12. The Morgan fingerprint density at radius 2 is 1.41 bits per heavy atom. The smallest absolute Gasteiger partial charge is 0.0708 e. The highest BCUT2D eigenvalue weighted by molar-refractivity contribution is 7.26. The standard InChI is InChI=1S/C27H17NS/c1-2-7-18(8-3-1)22-11-6-12-25-27(22)23-14-13-20(16-26(23)29-25)24-15-19-9-4-5-10-21(19)17-28-24/h1-17H. The molecule has 0 saturated heterocycles. The van der Waals surface area contributed by atoms with Crippen molar-refractivity contribution < 1.29 is 0 Å². The van der Waals surface area contributed by atoms with Gasteiger partial charge in [-0.1, -0.05) is 78.9 Å². The summed E-state index contributed by atoms with van der Waals surface area (Å²) in [6.07, 6.45) is 1.97. The van der Waals surface area contributed by atoms with Crippen LogP contribution in [0.5, 0.6) is 0 Å². The molecule has 136 valence electrons. The Morgan fingerprint density at radius 3 is 2.31 bits per heavy atom. The molecule has 0 saturated carbocycles. The maximum atomic E-state index is 4.71. The van der Waals surface area contributed by atoms with Gasteiger partial charge in [0.1, 0.15) is 0 Å². The number of fused-ring (bicyclic) bond motifs is 4. The van der Waals surface area contributed by atoms with Gasteiger partial charge in [-0.25, -0.2) is 0 Å². The molecule has 0 aliphatic rings. The zero-order valence-electron chi connectivity index (χ0n) is 15.7.